The highest BCUT2D eigenvalue weighted by molar-refractivity contribution is 5.96. The lowest BCUT2D eigenvalue weighted by Crippen LogP contribution is -2.48. The molecule has 7 nitrogen and oxygen atoms in total. The van der Waals surface area contributed by atoms with Crippen LogP contribution in [0.5, 0.6) is 0 Å². The summed E-state index contributed by atoms with van der Waals surface area (Å²) < 4.78 is 0. The van der Waals surface area contributed by atoms with Crippen LogP contribution in [-0.4, -0.2) is 43.1 Å². The van der Waals surface area contributed by atoms with E-state index in [2.05, 4.69) is 36.3 Å². The van der Waals surface area contributed by atoms with Gasteiger partial charge < -0.3 is 15.5 Å². The number of nitro benzene ring substituents is 1. The van der Waals surface area contributed by atoms with Gasteiger partial charge in [-0.25, -0.2) is 0 Å². The van der Waals surface area contributed by atoms with Crippen molar-refractivity contribution in [2.75, 3.05) is 31.1 Å². The second kappa shape index (κ2) is 8.25. The Balaban J connectivity index is 1.80. The van der Waals surface area contributed by atoms with Crippen LogP contribution >= 0.6 is 0 Å². The van der Waals surface area contributed by atoms with E-state index in [1.165, 1.54) is 6.07 Å². The van der Waals surface area contributed by atoms with Gasteiger partial charge in [-0.2, -0.15) is 0 Å². The van der Waals surface area contributed by atoms with Gasteiger partial charge in [0, 0.05) is 30.8 Å². The minimum Gasteiger partial charge on any atom is -0.365 e. The Bertz CT molecular complexity index is 698. The third kappa shape index (κ3) is 4.58. The second-order valence-corrected chi connectivity index (χ2v) is 8.36. The predicted octanol–water partition coefficient (Wildman–Crippen LogP) is 2.80. The summed E-state index contributed by atoms with van der Waals surface area (Å²) in [5.74, 6) is 1.10. The molecule has 0 saturated carbocycles. The third-order valence-electron chi connectivity index (χ3n) is 5.75. The molecule has 27 heavy (non-hydrogen) atoms. The van der Waals surface area contributed by atoms with E-state index < -0.39 is 0 Å². The van der Waals surface area contributed by atoms with Crippen LogP contribution in [0, 0.1) is 27.9 Å². The molecule has 1 aromatic carbocycles. The van der Waals surface area contributed by atoms with Crippen molar-refractivity contribution in [2.45, 2.75) is 39.7 Å². The van der Waals surface area contributed by atoms with Crippen molar-refractivity contribution in [1.29, 1.82) is 0 Å². The molecule has 4 unspecified atom stereocenters. The van der Waals surface area contributed by atoms with Gasteiger partial charge in [0.1, 0.15) is 5.69 Å². The fourth-order valence-electron chi connectivity index (χ4n) is 4.42. The van der Waals surface area contributed by atoms with E-state index in [0.29, 0.717) is 29.0 Å². The highest BCUT2D eigenvalue weighted by Crippen LogP contribution is 2.34. The Morgan fingerprint density at radius 2 is 1.96 bits per heavy atom. The van der Waals surface area contributed by atoms with Gasteiger partial charge in [-0.05, 0) is 55.8 Å². The Morgan fingerprint density at radius 1 is 1.26 bits per heavy atom. The zero-order valence-corrected chi connectivity index (χ0v) is 16.4. The van der Waals surface area contributed by atoms with Crippen LogP contribution in [0.3, 0.4) is 0 Å². The van der Waals surface area contributed by atoms with Gasteiger partial charge in [0.15, 0.2) is 0 Å². The molecule has 7 heteroatoms. The number of hydrogen-bond donors (Lipinski definition) is 2. The summed E-state index contributed by atoms with van der Waals surface area (Å²) in [7, 11) is 0. The Hall–Kier alpha value is -2.15. The average molecular weight is 374 g/mol. The normalized spacial score (nSPS) is 28.6. The largest absolute Gasteiger partial charge is 0.365 e. The number of hydrogen-bond acceptors (Lipinski definition) is 5. The summed E-state index contributed by atoms with van der Waals surface area (Å²) in [5, 5.41) is 18.0. The molecule has 2 N–H and O–H groups in total. The van der Waals surface area contributed by atoms with E-state index >= 15 is 0 Å². The maximum atomic E-state index is 12.7. The van der Waals surface area contributed by atoms with Crippen LogP contribution in [0.1, 0.15) is 44.0 Å². The Morgan fingerprint density at radius 3 is 2.59 bits per heavy atom. The van der Waals surface area contributed by atoms with Crippen molar-refractivity contribution < 1.29 is 9.72 Å². The van der Waals surface area contributed by atoms with Gasteiger partial charge in [-0.3, -0.25) is 14.9 Å². The number of rotatable bonds is 4. The number of anilines is 1. The quantitative estimate of drug-likeness (QED) is 0.625. The van der Waals surface area contributed by atoms with Crippen molar-refractivity contribution >= 4 is 17.3 Å². The molecule has 0 aromatic heterocycles. The molecule has 0 aliphatic carbocycles. The number of benzene rings is 1. The van der Waals surface area contributed by atoms with E-state index in [9.17, 15) is 14.9 Å². The minimum atomic E-state index is -0.372. The SMILES string of the molecule is CC1CC(C)CN(c2ccc(C(=O)NC3CCNCC3C)cc2[N+](=O)[O-])C1. The Kier molecular flexibility index (Phi) is 5.99. The van der Waals surface area contributed by atoms with E-state index in [1.54, 1.807) is 12.1 Å². The molecule has 2 fully saturated rings. The summed E-state index contributed by atoms with van der Waals surface area (Å²) in [6, 6.07) is 4.98. The van der Waals surface area contributed by atoms with Crippen molar-refractivity contribution in [3.63, 3.8) is 0 Å². The molecule has 2 aliphatic heterocycles. The summed E-state index contributed by atoms with van der Waals surface area (Å²) in [4.78, 5) is 26.1. The predicted molar refractivity (Wildman–Crippen MR) is 106 cm³/mol. The monoisotopic (exact) mass is 374 g/mol. The molecule has 3 rings (SSSR count). The highest BCUT2D eigenvalue weighted by Gasteiger charge is 2.29. The molecule has 4 atom stereocenters. The van der Waals surface area contributed by atoms with Crippen LogP contribution in [0.15, 0.2) is 18.2 Å². The molecule has 1 amide bonds. The minimum absolute atomic E-state index is 0.0160. The summed E-state index contributed by atoms with van der Waals surface area (Å²) in [6.45, 7) is 9.82. The number of amides is 1. The first-order valence-corrected chi connectivity index (χ1v) is 9.90. The van der Waals surface area contributed by atoms with Gasteiger partial charge in [0.2, 0.25) is 0 Å². The van der Waals surface area contributed by atoms with Crippen LogP contribution in [-0.2, 0) is 0 Å². The van der Waals surface area contributed by atoms with Gasteiger partial charge in [0.05, 0.1) is 4.92 Å². The van der Waals surface area contributed by atoms with Gasteiger partial charge >= 0.3 is 0 Å². The molecule has 2 heterocycles. The van der Waals surface area contributed by atoms with Crippen LogP contribution < -0.4 is 15.5 Å². The number of piperidine rings is 2. The fraction of sp³-hybridized carbons (Fsp3) is 0.650. The molecule has 2 saturated heterocycles. The smallest absolute Gasteiger partial charge is 0.293 e. The standard InChI is InChI=1S/C20H30N4O3/c1-13-8-14(2)12-23(11-13)18-5-4-16(9-19(18)24(26)27)20(25)22-17-6-7-21-10-15(17)3/h4-5,9,13-15,17,21H,6-8,10-12H2,1-3H3,(H,22,25). The first-order valence-electron chi connectivity index (χ1n) is 9.90. The van der Waals surface area contributed by atoms with Crippen molar-refractivity contribution in [3.8, 4) is 0 Å². The lowest BCUT2D eigenvalue weighted by atomic mass is 9.91. The first kappa shape index (κ1) is 19.6. The summed E-state index contributed by atoms with van der Waals surface area (Å²) >= 11 is 0. The van der Waals surface area contributed by atoms with Crippen LogP contribution in [0.2, 0.25) is 0 Å². The van der Waals surface area contributed by atoms with Crippen molar-refractivity contribution in [2.24, 2.45) is 17.8 Å². The number of carbonyl (C=O) groups is 1. The van der Waals surface area contributed by atoms with Gasteiger partial charge in [-0.15, -0.1) is 0 Å². The number of carbonyl (C=O) groups excluding carboxylic acids is 1. The summed E-state index contributed by atoms with van der Waals surface area (Å²) in [6.07, 6.45) is 2.01. The summed E-state index contributed by atoms with van der Waals surface area (Å²) in [5.41, 5.74) is 0.988. The fourth-order valence-corrected chi connectivity index (χ4v) is 4.42. The average Bonchev–Trinajstić information content (AvgIpc) is 2.62. The zero-order valence-electron chi connectivity index (χ0n) is 16.4. The van der Waals surface area contributed by atoms with Crippen LogP contribution in [0.4, 0.5) is 11.4 Å². The maximum Gasteiger partial charge on any atom is 0.293 e. The molecule has 0 bridgehead atoms. The second-order valence-electron chi connectivity index (χ2n) is 8.36. The third-order valence-corrected chi connectivity index (χ3v) is 5.75. The van der Waals surface area contributed by atoms with Crippen LogP contribution in [0.25, 0.3) is 0 Å². The molecule has 148 valence electrons. The zero-order chi connectivity index (χ0) is 19.6. The number of nitrogens with one attached hydrogen (secondary N) is 2. The Labute approximate surface area is 160 Å². The first-order chi connectivity index (χ1) is 12.8. The lowest BCUT2D eigenvalue weighted by Gasteiger charge is -2.36. The molecule has 2 aliphatic rings. The van der Waals surface area contributed by atoms with Crippen molar-refractivity contribution in [3.05, 3.63) is 33.9 Å². The van der Waals surface area contributed by atoms with E-state index in [4.69, 9.17) is 0 Å². The maximum absolute atomic E-state index is 12.7. The van der Waals surface area contributed by atoms with Gasteiger partial charge in [0.25, 0.3) is 11.6 Å². The molecular weight excluding hydrogens is 344 g/mol. The molecule has 0 radical (unpaired) electrons. The van der Waals surface area contributed by atoms with E-state index in [-0.39, 0.29) is 22.6 Å². The topological polar surface area (TPSA) is 87.5 Å². The molecule has 0 spiro atoms. The van der Waals surface area contributed by atoms with E-state index in [1.807, 2.05) is 0 Å². The van der Waals surface area contributed by atoms with Crippen molar-refractivity contribution in [1.82, 2.24) is 10.6 Å². The number of nitro groups is 1. The highest BCUT2D eigenvalue weighted by atomic mass is 16.6. The van der Waals surface area contributed by atoms with E-state index in [0.717, 1.165) is 39.0 Å². The molecule has 1 aromatic rings. The number of nitrogens with zero attached hydrogens (tertiary/aromatic N) is 2. The molecular formula is C20H30N4O3. The van der Waals surface area contributed by atoms with Gasteiger partial charge in [-0.1, -0.05) is 20.8 Å². The lowest BCUT2D eigenvalue weighted by molar-refractivity contribution is -0.384.